The number of aliphatic imine (C=N–C) groups is 1. The lowest BCUT2D eigenvalue weighted by atomic mass is 10.00. The summed E-state index contributed by atoms with van der Waals surface area (Å²) < 4.78 is 8.14. The maximum atomic E-state index is 6.05. The zero-order valence-corrected chi connectivity index (χ0v) is 18.7. The molecule has 1 atom stereocenters. The Morgan fingerprint density at radius 2 is 2.22 bits per heavy atom. The van der Waals surface area contributed by atoms with Gasteiger partial charge in [0.15, 0.2) is 5.96 Å². The highest BCUT2D eigenvalue weighted by Gasteiger charge is 2.25. The van der Waals surface area contributed by atoms with E-state index in [-0.39, 0.29) is 30.1 Å². The molecular formula is C20H30IN5O. The fourth-order valence-corrected chi connectivity index (χ4v) is 3.43. The molecule has 2 aromatic rings. The molecule has 1 fully saturated rings. The van der Waals surface area contributed by atoms with Gasteiger partial charge in [-0.05, 0) is 31.4 Å². The number of halogens is 1. The van der Waals surface area contributed by atoms with Gasteiger partial charge in [-0.2, -0.15) is 0 Å². The van der Waals surface area contributed by atoms with E-state index < -0.39 is 0 Å². The SMILES string of the molecule is CN=C(NCCCn1ccnc1)N1CCOC(c2ccc(C)cc2C)C1.I. The van der Waals surface area contributed by atoms with Gasteiger partial charge in [-0.3, -0.25) is 4.99 Å². The van der Waals surface area contributed by atoms with Gasteiger partial charge in [-0.25, -0.2) is 4.98 Å². The first-order valence-electron chi connectivity index (χ1n) is 9.27. The van der Waals surface area contributed by atoms with Crippen LogP contribution in [0.2, 0.25) is 0 Å². The fraction of sp³-hybridized carbons (Fsp3) is 0.500. The molecule has 0 spiro atoms. The minimum Gasteiger partial charge on any atom is -0.370 e. The third-order valence-electron chi connectivity index (χ3n) is 4.79. The van der Waals surface area contributed by atoms with Crippen LogP contribution in [0.15, 0.2) is 41.9 Å². The highest BCUT2D eigenvalue weighted by Crippen LogP contribution is 2.25. The molecule has 6 nitrogen and oxygen atoms in total. The molecule has 7 heteroatoms. The van der Waals surface area contributed by atoms with Crippen molar-refractivity contribution in [1.82, 2.24) is 19.8 Å². The van der Waals surface area contributed by atoms with Crippen LogP contribution in [-0.4, -0.2) is 53.7 Å². The van der Waals surface area contributed by atoms with Crippen molar-refractivity contribution in [1.29, 1.82) is 0 Å². The first-order chi connectivity index (χ1) is 12.7. The van der Waals surface area contributed by atoms with E-state index in [4.69, 9.17) is 4.74 Å². The molecule has 0 radical (unpaired) electrons. The van der Waals surface area contributed by atoms with Crippen molar-refractivity contribution >= 4 is 29.9 Å². The zero-order chi connectivity index (χ0) is 18.4. The van der Waals surface area contributed by atoms with E-state index >= 15 is 0 Å². The van der Waals surface area contributed by atoms with Gasteiger partial charge in [0, 0.05) is 39.1 Å². The lowest BCUT2D eigenvalue weighted by Crippen LogP contribution is -2.48. The van der Waals surface area contributed by atoms with Crippen molar-refractivity contribution in [3.63, 3.8) is 0 Å². The summed E-state index contributed by atoms with van der Waals surface area (Å²) in [5, 5.41) is 3.48. The normalized spacial score (nSPS) is 17.5. The van der Waals surface area contributed by atoms with Crippen LogP contribution >= 0.6 is 24.0 Å². The lowest BCUT2D eigenvalue weighted by Gasteiger charge is -2.35. The topological polar surface area (TPSA) is 54.7 Å². The van der Waals surface area contributed by atoms with Crippen LogP contribution in [0.3, 0.4) is 0 Å². The summed E-state index contributed by atoms with van der Waals surface area (Å²) in [7, 11) is 1.85. The van der Waals surface area contributed by atoms with Crippen molar-refractivity contribution < 1.29 is 4.74 Å². The Labute approximate surface area is 179 Å². The predicted octanol–water partition coefficient (Wildman–Crippen LogP) is 3.16. The molecule has 0 amide bonds. The average molecular weight is 483 g/mol. The van der Waals surface area contributed by atoms with Crippen LogP contribution in [0, 0.1) is 13.8 Å². The molecule has 148 valence electrons. The number of imidazole rings is 1. The molecular weight excluding hydrogens is 453 g/mol. The van der Waals surface area contributed by atoms with Gasteiger partial charge < -0.3 is 19.5 Å². The number of morpholine rings is 1. The summed E-state index contributed by atoms with van der Waals surface area (Å²) in [6.07, 6.45) is 6.78. The Kier molecular flexibility index (Phi) is 8.56. The van der Waals surface area contributed by atoms with E-state index in [9.17, 15) is 0 Å². The summed E-state index contributed by atoms with van der Waals surface area (Å²) in [5.74, 6) is 0.952. The second kappa shape index (κ2) is 10.7. The summed E-state index contributed by atoms with van der Waals surface area (Å²) in [6.45, 7) is 8.53. The number of aryl methyl sites for hydroxylation is 3. The van der Waals surface area contributed by atoms with Crippen molar-refractivity contribution in [3.05, 3.63) is 53.6 Å². The highest BCUT2D eigenvalue weighted by molar-refractivity contribution is 14.0. The van der Waals surface area contributed by atoms with Crippen molar-refractivity contribution in [2.45, 2.75) is 32.9 Å². The number of hydrogen-bond donors (Lipinski definition) is 1. The van der Waals surface area contributed by atoms with Gasteiger partial charge in [0.1, 0.15) is 6.10 Å². The lowest BCUT2D eigenvalue weighted by molar-refractivity contribution is -0.00831. The van der Waals surface area contributed by atoms with Crippen LogP contribution in [0.5, 0.6) is 0 Å². The van der Waals surface area contributed by atoms with Gasteiger partial charge >= 0.3 is 0 Å². The number of guanidine groups is 1. The summed E-state index contributed by atoms with van der Waals surface area (Å²) >= 11 is 0. The van der Waals surface area contributed by atoms with Gasteiger partial charge in [0.25, 0.3) is 0 Å². The number of aromatic nitrogens is 2. The second-order valence-corrected chi connectivity index (χ2v) is 6.79. The standard InChI is InChI=1S/C20H29N5O.HI/c1-16-5-6-18(17(2)13-16)19-14-25(11-12-26-19)20(21-3)23-7-4-9-24-10-8-22-15-24;/h5-6,8,10,13,15,19H,4,7,9,11-12,14H2,1-3H3,(H,21,23);1H. The Balaban J connectivity index is 0.00000261. The number of nitrogens with one attached hydrogen (secondary N) is 1. The Hall–Kier alpha value is -1.61. The molecule has 0 saturated carbocycles. The van der Waals surface area contributed by atoms with Crippen LogP contribution < -0.4 is 5.32 Å². The van der Waals surface area contributed by atoms with E-state index in [2.05, 4.69) is 56.8 Å². The Morgan fingerprint density at radius 3 is 2.93 bits per heavy atom. The smallest absolute Gasteiger partial charge is 0.193 e. The first kappa shape index (κ1) is 21.7. The monoisotopic (exact) mass is 483 g/mol. The van der Waals surface area contributed by atoms with E-state index in [1.165, 1.54) is 16.7 Å². The molecule has 1 aromatic carbocycles. The van der Waals surface area contributed by atoms with Gasteiger partial charge in [0.2, 0.25) is 0 Å². The Morgan fingerprint density at radius 1 is 1.37 bits per heavy atom. The van der Waals surface area contributed by atoms with Gasteiger partial charge in [-0.15, -0.1) is 24.0 Å². The molecule has 1 aromatic heterocycles. The van der Waals surface area contributed by atoms with Crippen LogP contribution in [0.4, 0.5) is 0 Å². The molecule has 1 unspecified atom stereocenters. The quantitative estimate of drug-likeness (QED) is 0.307. The summed E-state index contributed by atoms with van der Waals surface area (Å²) in [4.78, 5) is 10.8. The molecule has 0 aliphatic carbocycles. The van der Waals surface area contributed by atoms with E-state index in [0.29, 0.717) is 6.61 Å². The largest absolute Gasteiger partial charge is 0.370 e. The third kappa shape index (κ3) is 5.93. The van der Waals surface area contributed by atoms with Gasteiger partial charge in [0.05, 0.1) is 19.5 Å². The van der Waals surface area contributed by atoms with Crippen LogP contribution in [0.1, 0.15) is 29.2 Å². The average Bonchev–Trinajstić information content (AvgIpc) is 3.15. The maximum Gasteiger partial charge on any atom is 0.193 e. The molecule has 27 heavy (non-hydrogen) atoms. The fourth-order valence-electron chi connectivity index (χ4n) is 3.43. The van der Waals surface area contributed by atoms with Gasteiger partial charge in [-0.1, -0.05) is 23.8 Å². The van der Waals surface area contributed by atoms with Crippen molar-refractivity contribution in [2.75, 3.05) is 33.3 Å². The second-order valence-electron chi connectivity index (χ2n) is 6.79. The highest BCUT2D eigenvalue weighted by atomic mass is 127. The number of hydrogen-bond acceptors (Lipinski definition) is 3. The third-order valence-corrected chi connectivity index (χ3v) is 4.79. The van der Waals surface area contributed by atoms with E-state index in [1.54, 1.807) is 0 Å². The molecule has 2 heterocycles. The van der Waals surface area contributed by atoms with Crippen LogP contribution in [0.25, 0.3) is 0 Å². The minimum atomic E-state index is 0. The molecule has 1 aliphatic heterocycles. The predicted molar refractivity (Wildman–Crippen MR) is 120 cm³/mol. The molecule has 1 aliphatic rings. The zero-order valence-electron chi connectivity index (χ0n) is 16.4. The Bertz CT molecular complexity index is 732. The number of benzene rings is 1. The van der Waals surface area contributed by atoms with Crippen molar-refractivity contribution in [3.8, 4) is 0 Å². The van der Waals surface area contributed by atoms with Crippen LogP contribution in [-0.2, 0) is 11.3 Å². The first-order valence-corrected chi connectivity index (χ1v) is 9.27. The minimum absolute atomic E-state index is 0. The number of ether oxygens (including phenoxy) is 1. The number of nitrogens with zero attached hydrogens (tertiary/aromatic N) is 4. The number of rotatable bonds is 5. The summed E-state index contributed by atoms with van der Waals surface area (Å²) in [6, 6.07) is 6.58. The maximum absolute atomic E-state index is 6.05. The molecule has 0 bridgehead atoms. The molecule has 1 saturated heterocycles. The summed E-state index contributed by atoms with van der Waals surface area (Å²) in [5.41, 5.74) is 3.85. The molecule has 3 rings (SSSR count). The van der Waals surface area contributed by atoms with E-state index in [0.717, 1.165) is 38.6 Å². The van der Waals surface area contributed by atoms with E-state index in [1.807, 2.05) is 25.8 Å². The molecule has 1 N–H and O–H groups in total. The van der Waals surface area contributed by atoms with Crippen molar-refractivity contribution in [2.24, 2.45) is 4.99 Å².